The Morgan fingerprint density at radius 1 is 1.20 bits per heavy atom. The topological polar surface area (TPSA) is 92.5 Å². The minimum Gasteiger partial charge on any atom is -0.438 e. The molecule has 4 rings (SSSR count). The Labute approximate surface area is 203 Å². The predicted molar refractivity (Wildman–Crippen MR) is 126 cm³/mol. The minimum absolute atomic E-state index is 0.00777. The number of benzene rings is 2. The number of nitrogens with zero attached hydrogens (tertiary/aromatic N) is 2. The van der Waals surface area contributed by atoms with E-state index in [-0.39, 0.29) is 29.5 Å². The van der Waals surface area contributed by atoms with Gasteiger partial charge in [0, 0.05) is 23.7 Å². The number of amides is 1. The van der Waals surface area contributed by atoms with Crippen LogP contribution in [-0.2, 0) is 16.6 Å². The Morgan fingerprint density at radius 2 is 1.91 bits per heavy atom. The molecule has 1 aromatic heterocycles. The van der Waals surface area contributed by atoms with Gasteiger partial charge in [0.15, 0.2) is 6.39 Å². The lowest BCUT2D eigenvalue weighted by atomic mass is 10.0. The van der Waals surface area contributed by atoms with Crippen LogP contribution in [0.25, 0.3) is 0 Å². The standard InChI is InChI=1S/C25H27F2N3O4S/c1-15-9-10-23(18-7-5-4-6-8-18)35(32,33)30(15)13-19-11-22(27)20(12-21(19)26)16(2)29-25(31)24-17(3)28-14-34-24/h4-8,11-12,14-16,23H,9-10,13H2,1-3H3,(H,29,31)/t15-,16?,23+/m1/s1. The molecule has 3 atom stereocenters. The fourth-order valence-corrected chi connectivity index (χ4v) is 6.62. The van der Waals surface area contributed by atoms with E-state index in [9.17, 15) is 13.2 Å². The molecule has 3 aromatic rings. The summed E-state index contributed by atoms with van der Waals surface area (Å²) in [6.45, 7) is 4.59. The zero-order chi connectivity index (χ0) is 25.3. The van der Waals surface area contributed by atoms with Gasteiger partial charge in [-0.2, -0.15) is 4.31 Å². The number of hydrogen-bond donors (Lipinski definition) is 1. The highest BCUT2D eigenvalue weighted by Gasteiger charge is 2.40. The van der Waals surface area contributed by atoms with E-state index in [1.165, 1.54) is 11.2 Å². The van der Waals surface area contributed by atoms with E-state index in [4.69, 9.17) is 4.42 Å². The van der Waals surface area contributed by atoms with Gasteiger partial charge in [0.25, 0.3) is 5.91 Å². The van der Waals surface area contributed by atoms with Crippen LogP contribution >= 0.6 is 0 Å². The summed E-state index contributed by atoms with van der Waals surface area (Å²) in [5.74, 6) is -2.10. The highest BCUT2D eigenvalue weighted by molar-refractivity contribution is 7.89. The van der Waals surface area contributed by atoms with Gasteiger partial charge in [0.1, 0.15) is 16.9 Å². The van der Waals surface area contributed by atoms with E-state index in [1.807, 2.05) is 6.07 Å². The number of aryl methyl sites for hydroxylation is 1. The molecule has 10 heteroatoms. The van der Waals surface area contributed by atoms with Crippen LogP contribution in [0.4, 0.5) is 8.78 Å². The molecule has 1 aliphatic heterocycles. The number of sulfonamides is 1. The van der Waals surface area contributed by atoms with E-state index < -0.39 is 38.9 Å². The van der Waals surface area contributed by atoms with Crippen molar-refractivity contribution in [3.63, 3.8) is 0 Å². The lowest BCUT2D eigenvalue weighted by molar-refractivity contribution is 0.0910. The zero-order valence-corrected chi connectivity index (χ0v) is 20.5. The van der Waals surface area contributed by atoms with Crippen molar-refractivity contribution in [2.24, 2.45) is 0 Å². The number of oxazole rings is 1. The van der Waals surface area contributed by atoms with Crippen LogP contribution < -0.4 is 5.32 Å². The van der Waals surface area contributed by atoms with Crippen LogP contribution in [0.5, 0.6) is 0 Å². The van der Waals surface area contributed by atoms with Crippen LogP contribution in [0.1, 0.15) is 70.9 Å². The molecule has 1 unspecified atom stereocenters. The van der Waals surface area contributed by atoms with Crippen molar-refractivity contribution in [2.75, 3.05) is 0 Å². The second-order valence-corrected chi connectivity index (χ2v) is 10.9. The summed E-state index contributed by atoms with van der Waals surface area (Å²) in [5.41, 5.74) is 0.925. The highest BCUT2D eigenvalue weighted by Crippen LogP contribution is 2.38. The van der Waals surface area contributed by atoms with Gasteiger partial charge in [-0.05, 0) is 51.3 Å². The van der Waals surface area contributed by atoms with Crippen molar-refractivity contribution < 1.29 is 26.4 Å². The fourth-order valence-electron chi connectivity index (χ4n) is 4.44. The van der Waals surface area contributed by atoms with Crippen molar-refractivity contribution in [2.45, 2.75) is 57.5 Å². The van der Waals surface area contributed by atoms with Gasteiger partial charge < -0.3 is 9.73 Å². The third-order valence-electron chi connectivity index (χ3n) is 6.45. The molecule has 2 heterocycles. The van der Waals surface area contributed by atoms with E-state index in [2.05, 4.69) is 10.3 Å². The summed E-state index contributed by atoms with van der Waals surface area (Å²) in [7, 11) is -3.80. The normalized spacial score (nSPS) is 20.9. The molecule has 0 radical (unpaired) electrons. The van der Waals surface area contributed by atoms with E-state index in [0.717, 1.165) is 18.5 Å². The van der Waals surface area contributed by atoms with Gasteiger partial charge >= 0.3 is 0 Å². The van der Waals surface area contributed by atoms with E-state index in [1.54, 1.807) is 38.1 Å². The highest BCUT2D eigenvalue weighted by atomic mass is 32.2. The third kappa shape index (κ3) is 4.99. The van der Waals surface area contributed by atoms with Crippen LogP contribution in [-0.4, -0.2) is 29.7 Å². The minimum atomic E-state index is -3.80. The van der Waals surface area contributed by atoms with Crippen molar-refractivity contribution in [3.05, 3.63) is 88.6 Å². The summed E-state index contributed by atoms with van der Waals surface area (Å²) >= 11 is 0. The SMILES string of the molecule is Cc1ncoc1C(=O)NC(C)c1cc(F)c(CN2[C@H](C)CC[C@@H](c3ccccc3)S2(=O)=O)cc1F. The Bertz CT molecular complexity index is 1330. The molecule has 1 fully saturated rings. The monoisotopic (exact) mass is 503 g/mol. The Hall–Kier alpha value is -3.11. The third-order valence-corrected chi connectivity index (χ3v) is 8.82. The average molecular weight is 504 g/mol. The number of carbonyl (C=O) groups excluding carboxylic acids is 1. The van der Waals surface area contributed by atoms with Gasteiger partial charge in [-0.15, -0.1) is 0 Å². The maximum atomic E-state index is 15.1. The molecule has 2 aromatic carbocycles. The Morgan fingerprint density at radius 3 is 2.57 bits per heavy atom. The fraction of sp³-hybridized carbons (Fsp3) is 0.360. The second kappa shape index (κ2) is 9.87. The van der Waals surface area contributed by atoms with Gasteiger partial charge in [-0.3, -0.25) is 4.79 Å². The first-order valence-corrected chi connectivity index (χ1v) is 12.8. The number of carbonyl (C=O) groups is 1. The molecule has 1 aliphatic rings. The maximum Gasteiger partial charge on any atom is 0.289 e. The van der Waals surface area contributed by atoms with Crippen LogP contribution in [0.2, 0.25) is 0 Å². The van der Waals surface area contributed by atoms with Gasteiger partial charge in [-0.25, -0.2) is 22.2 Å². The molecular formula is C25H27F2N3O4S. The van der Waals surface area contributed by atoms with Crippen LogP contribution in [0, 0.1) is 18.6 Å². The summed E-state index contributed by atoms with van der Waals surface area (Å²) in [6.07, 6.45) is 2.19. The number of nitrogens with one attached hydrogen (secondary N) is 1. The molecule has 1 saturated heterocycles. The van der Waals surface area contributed by atoms with E-state index in [0.29, 0.717) is 24.1 Å². The number of hydrogen-bond acceptors (Lipinski definition) is 5. The lowest BCUT2D eigenvalue weighted by Gasteiger charge is -2.37. The quantitative estimate of drug-likeness (QED) is 0.521. The zero-order valence-electron chi connectivity index (χ0n) is 19.7. The van der Waals surface area contributed by atoms with Crippen molar-refractivity contribution in [3.8, 4) is 0 Å². The molecule has 7 nitrogen and oxygen atoms in total. The molecule has 1 N–H and O–H groups in total. The van der Waals surface area contributed by atoms with Crippen molar-refractivity contribution in [1.82, 2.24) is 14.6 Å². The van der Waals surface area contributed by atoms with Crippen molar-refractivity contribution >= 4 is 15.9 Å². The summed E-state index contributed by atoms with van der Waals surface area (Å²) in [4.78, 5) is 16.2. The first-order chi connectivity index (χ1) is 16.6. The van der Waals surface area contributed by atoms with Gasteiger partial charge in [0.2, 0.25) is 15.8 Å². The van der Waals surface area contributed by atoms with Gasteiger partial charge in [0.05, 0.1) is 11.7 Å². The Balaban J connectivity index is 1.56. The van der Waals surface area contributed by atoms with Crippen molar-refractivity contribution in [1.29, 1.82) is 0 Å². The summed E-state index contributed by atoms with van der Waals surface area (Å²) in [5, 5.41) is 1.83. The molecule has 0 spiro atoms. The largest absolute Gasteiger partial charge is 0.438 e. The molecule has 35 heavy (non-hydrogen) atoms. The molecule has 0 aliphatic carbocycles. The number of aromatic nitrogens is 1. The van der Waals surface area contributed by atoms with E-state index >= 15 is 8.78 Å². The molecular weight excluding hydrogens is 476 g/mol. The predicted octanol–water partition coefficient (Wildman–Crippen LogP) is 4.81. The maximum absolute atomic E-state index is 15.1. The molecule has 186 valence electrons. The lowest BCUT2D eigenvalue weighted by Crippen LogP contribution is -2.44. The smallest absolute Gasteiger partial charge is 0.289 e. The molecule has 0 bridgehead atoms. The molecule has 1 amide bonds. The average Bonchev–Trinajstić information content (AvgIpc) is 3.24. The first kappa shape index (κ1) is 25.0. The number of rotatable bonds is 6. The molecule has 0 saturated carbocycles. The Kier molecular flexibility index (Phi) is 7.05. The van der Waals surface area contributed by atoms with Gasteiger partial charge in [-0.1, -0.05) is 30.3 Å². The second-order valence-electron chi connectivity index (χ2n) is 8.84. The van der Waals surface area contributed by atoms with Crippen LogP contribution in [0.15, 0.2) is 53.3 Å². The number of halogens is 2. The van der Waals surface area contributed by atoms with Crippen LogP contribution in [0.3, 0.4) is 0 Å². The first-order valence-electron chi connectivity index (χ1n) is 11.3. The summed E-state index contributed by atoms with van der Waals surface area (Å²) < 4.78 is 63.2. The summed E-state index contributed by atoms with van der Waals surface area (Å²) in [6, 6.07) is 9.69.